The third-order valence-electron chi connectivity index (χ3n) is 0.222. The van der Waals surface area contributed by atoms with E-state index in [1.807, 2.05) is 0 Å². The van der Waals surface area contributed by atoms with E-state index in [9.17, 15) is 8.78 Å². The van der Waals surface area contributed by atoms with Gasteiger partial charge in [0.2, 0.25) is 0 Å². The van der Waals surface area contributed by atoms with Gasteiger partial charge in [-0.2, -0.15) is 8.78 Å². The van der Waals surface area contributed by atoms with Crippen LogP contribution in [0.3, 0.4) is 0 Å². The van der Waals surface area contributed by atoms with Gasteiger partial charge in [0, 0.05) is 11.1 Å². The molecule has 0 saturated carbocycles. The van der Waals surface area contributed by atoms with Crippen LogP contribution in [0.4, 0.5) is 8.78 Å². The number of hydrogen-bond acceptors (Lipinski definition) is 3. The first-order valence-electron chi connectivity index (χ1n) is 1.20. The van der Waals surface area contributed by atoms with Gasteiger partial charge in [0.1, 0.15) is 0 Å². The largest absolute Gasteiger partial charge is 0.767 e. The summed E-state index contributed by atoms with van der Waals surface area (Å²) in [6, 6.07) is 0. The third kappa shape index (κ3) is 2.60. The zero-order valence-corrected chi connectivity index (χ0v) is 3.87. The molecule has 0 bridgehead atoms. The number of nitrogens with two attached hydrogens (primary N) is 1. The minimum Gasteiger partial charge on any atom is -0.767 e. The summed E-state index contributed by atoms with van der Waals surface area (Å²) in [7, 11) is 0. The Morgan fingerprint density at radius 1 is 1.71 bits per heavy atom. The predicted octanol–water partition coefficient (Wildman–Crippen LogP) is -0.626. The fourth-order valence-electron chi connectivity index (χ4n) is 0. The predicted molar refractivity (Wildman–Crippen MR) is 18.1 cm³/mol. The number of halogens is 2. The molecule has 0 heterocycles. The Labute approximate surface area is 40.8 Å². The molecule has 6 heteroatoms. The Kier molecular flexibility index (Phi) is 1.79. The lowest BCUT2D eigenvalue weighted by atomic mass is 11.3. The molecule has 0 aliphatic carbocycles. The highest BCUT2D eigenvalue weighted by Crippen LogP contribution is 2.05. The van der Waals surface area contributed by atoms with Gasteiger partial charge in [-0.3, -0.25) is 9.94 Å². The van der Waals surface area contributed by atoms with Gasteiger partial charge in [-0.1, -0.05) is 0 Å². The highest BCUT2D eigenvalue weighted by atomic mass is 32.2. The molecule has 0 aliphatic heterocycles. The Hall–Kier alpha value is -0.0700. The summed E-state index contributed by atoms with van der Waals surface area (Å²) in [4.78, 5) is 0. The van der Waals surface area contributed by atoms with Crippen LogP contribution in [0.5, 0.6) is 0 Å². The van der Waals surface area contributed by atoms with Crippen LogP contribution >= 0.6 is 0 Å². The Balaban J connectivity index is 3.79. The van der Waals surface area contributed by atoms with E-state index in [1.165, 1.54) is 0 Å². The van der Waals surface area contributed by atoms with Crippen LogP contribution in [0.2, 0.25) is 0 Å². The quantitative estimate of drug-likeness (QED) is 0.379. The van der Waals surface area contributed by atoms with E-state index >= 15 is 0 Å². The van der Waals surface area contributed by atoms with Gasteiger partial charge in [-0.05, 0) is 0 Å². The number of alkyl halides is 2. The standard InChI is InChI=1S/CH3F2NO2S/c2-1(3,4)7(5)6/h4H2,(H,5,6)/p-1. The maximum Gasteiger partial charge on any atom is 0.365 e. The Morgan fingerprint density at radius 2 is 1.86 bits per heavy atom. The van der Waals surface area contributed by atoms with Gasteiger partial charge in [-0.25, -0.2) is 0 Å². The fraction of sp³-hybridized carbons (Fsp3) is 1.00. The Bertz CT molecular complexity index is 88.2. The van der Waals surface area contributed by atoms with Crippen LogP contribution in [0, 0.1) is 0 Å². The first-order chi connectivity index (χ1) is 2.94. The first kappa shape index (κ1) is 6.93. The zero-order chi connectivity index (χ0) is 6.08. The summed E-state index contributed by atoms with van der Waals surface area (Å²) in [5, 5.41) is -4.08. The summed E-state index contributed by atoms with van der Waals surface area (Å²) in [6.07, 6.45) is 0. The molecule has 0 rings (SSSR count). The van der Waals surface area contributed by atoms with E-state index in [0.29, 0.717) is 0 Å². The van der Waals surface area contributed by atoms with Gasteiger partial charge in [-0.15, -0.1) is 0 Å². The normalized spacial score (nSPS) is 16.6. The summed E-state index contributed by atoms with van der Waals surface area (Å²) in [6.45, 7) is 0. The van der Waals surface area contributed by atoms with Crippen molar-refractivity contribution in [1.82, 2.24) is 0 Å². The minimum absolute atomic E-state index is 3.49. The van der Waals surface area contributed by atoms with Crippen LogP contribution in [-0.4, -0.2) is 14.1 Å². The molecule has 0 saturated heterocycles. The second-order valence-corrected chi connectivity index (χ2v) is 1.81. The average molecular weight is 130 g/mol. The van der Waals surface area contributed by atoms with Crippen LogP contribution in [0.25, 0.3) is 0 Å². The van der Waals surface area contributed by atoms with Crippen LogP contribution in [-0.2, 0) is 11.1 Å². The molecular weight excluding hydrogens is 128 g/mol. The molecule has 0 spiro atoms. The van der Waals surface area contributed by atoms with Crippen molar-refractivity contribution < 1.29 is 17.5 Å². The van der Waals surface area contributed by atoms with Gasteiger partial charge in [0.25, 0.3) is 0 Å². The minimum atomic E-state index is -4.08. The van der Waals surface area contributed by atoms with Crippen molar-refractivity contribution in [3.8, 4) is 0 Å². The second kappa shape index (κ2) is 1.81. The van der Waals surface area contributed by atoms with E-state index in [2.05, 4.69) is 5.73 Å². The molecule has 3 nitrogen and oxygen atoms in total. The zero-order valence-electron chi connectivity index (χ0n) is 3.06. The van der Waals surface area contributed by atoms with Crippen molar-refractivity contribution in [2.75, 3.05) is 0 Å². The van der Waals surface area contributed by atoms with E-state index in [1.54, 1.807) is 0 Å². The number of rotatable bonds is 1. The van der Waals surface area contributed by atoms with Crippen LogP contribution in [0.1, 0.15) is 0 Å². The maximum atomic E-state index is 11.0. The fourth-order valence-corrected chi connectivity index (χ4v) is 0. The second-order valence-electron chi connectivity index (χ2n) is 0.797. The van der Waals surface area contributed by atoms with Crippen molar-refractivity contribution in [3.63, 3.8) is 0 Å². The molecule has 0 aromatic heterocycles. The van der Waals surface area contributed by atoms with Crippen molar-refractivity contribution in [3.05, 3.63) is 0 Å². The monoisotopic (exact) mass is 130 g/mol. The highest BCUT2D eigenvalue weighted by Gasteiger charge is 2.22. The first-order valence-corrected chi connectivity index (χ1v) is 2.28. The molecule has 44 valence electrons. The molecule has 0 aromatic rings. The lowest BCUT2D eigenvalue weighted by molar-refractivity contribution is 0.0969. The summed E-state index contributed by atoms with van der Waals surface area (Å²) < 4.78 is 40.3. The summed E-state index contributed by atoms with van der Waals surface area (Å²) in [5.41, 5.74) is 3.73. The van der Waals surface area contributed by atoms with Crippen molar-refractivity contribution in [1.29, 1.82) is 0 Å². The van der Waals surface area contributed by atoms with E-state index in [0.717, 1.165) is 0 Å². The molecule has 0 aromatic carbocycles. The van der Waals surface area contributed by atoms with Gasteiger partial charge in [0.05, 0.1) is 0 Å². The van der Waals surface area contributed by atoms with E-state index < -0.39 is 16.5 Å². The molecular formula is CH2F2NO2S-. The third-order valence-corrected chi connectivity index (χ3v) is 0.667. The molecule has 7 heavy (non-hydrogen) atoms. The SMILES string of the molecule is NC(F)(F)S(=O)[O-]. The molecule has 1 unspecified atom stereocenters. The summed E-state index contributed by atoms with van der Waals surface area (Å²) in [5.74, 6) is 0. The topological polar surface area (TPSA) is 66.2 Å². The van der Waals surface area contributed by atoms with E-state index in [-0.39, 0.29) is 0 Å². The number of hydrogen-bond donors (Lipinski definition) is 1. The van der Waals surface area contributed by atoms with Crippen molar-refractivity contribution >= 4 is 11.1 Å². The van der Waals surface area contributed by atoms with Gasteiger partial charge >= 0.3 is 5.38 Å². The molecule has 0 radical (unpaired) electrons. The van der Waals surface area contributed by atoms with Gasteiger partial charge < -0.3 is 4.55 Å². The van der Waals surface area contributed by atoms with Crippen molar-refractivity contribution in [2.45, 2.75) is 5.38 Å². The van der Waals surface area contributed by atoms with Crippen molar-refractivity contribution in [2.24, 2.45) is 5.73 Å². The molecule has 0 fully saturated rings. The Morgan fingerprint density at radius 3 is 1.86 bits per heavy atom. The molecule has 0 aliphatic rings. The molecule has 0 amide bonds. The van der Waals surface area contributed by atoms with Gasteiger partial charge in [0.15, 0.2) is 0 Å². The lowest BCUT2D eigenvalue weighted by Crippen LogP contribution is -2.33. The average Bonchev–Trinajstić information content (AvgIpc) is 1.31. The highest BCUT2D eigenvalue weighted by molar-refractivity contribution is 7.80. The molecule has 1 atom stereocenters. The smallest absolute Gasteiger partial charge is 0.365 e. The van der Waals surface area contributed by atoms with E-state index in [4.69, 9.17) is 8.76 Å². The lowest BCUT2D eigenvalue weighted by Gasteiger charge is -2.10. The summed E-state index contributed by atoms with van der Waals surface area (Å²) >= 11 is -3.49. The maximum absolute atomic E-state index is 11.0. The van der Waals surface area contributed by atoms with Crippen LogP contribution < -0.4 is 5.73 Å². The molecule has 2 N–H and O–H groups in total. The van der Waals surface area contributed by atoms with Crippen LogP contribution in [0.15, 0.2) is 0 Å².